The number of rotatable bonds is 14. The summed E-state index contributed by atoms with van der Waals surface area (Å²) in [7, 11) is 3.85. The first kappa shape index (κ1) is 26.0. The molecule has 0 aromatic rings. The lowest BCUT2D eigenvalue weighted by Crippen LogP contribution is -2.53. The summed E-state index contributed by atoms with van der Waals surface area (Å²) in [5.74, 6) is -1.70. The van der Waals surface area contributed by atoms with E-state index in [4.69, 9.17) is 34.1 Å². The molecule has 0 aliphatic carbocycles. The standard InChI is InChI=1S/C16H37N11O2/c1-4-27(24-14(19)20)16(12(28)29,9-7-10-25(2)3)8-5-6-11-26(15(21)22)23-13(17)18/h4-11H2,1-3H3,(H3,21,22)(H,28,29)(H4,17,18,23)(H4,19,20,24)/t16-/m0/s1. The second kappa shape index (κ2) is 12.5. The fourth-order valence-corrected chi connectivity index (χ4v) is 3.05. The van der Waals surface area contributed by atoms with Crippen LogP contribution in [0.2, 0.25) is 0 Å². The van der Waals surface area contributed by atoms with E-state index in [1.807, 2.05) is 19.0 Å². The van der Waals surface area contributed by atoms with E-state index in [1.54, 1.807) is 6.92 Å². The maximum absolute atomic E-state index is 12.3. The predicted molar refractivity (Wildman–Crippen MR) is 115 cm³/mol. The Kier molecular flexibility index (Phi) is 11.2. The normalized spacial score (nSPS) is 12.7. The molecule has 0 unspecified atom stereocenters. The summed E-state index contributed by atoms with van der Waals surface area (Å²) in [5.41, 5.74) is 25.9. The number of unbranched alkanes of at least 4 members (excludes halogenated alkanes) is 1. The van der Waals surface area contributed by atoms with Gasteiger partial charge in [-0.2, -0.15) is 0 Å². The van der Waals surface area contributed by atoms with E-state index in [9.17, 15) is 9.90 Å². The van der Waals surface area contributed by atoms with Crippen molar-refractivity contribution in [3.05, 3.63) is 0 Å². The van der Waals surface area contributed by atoms with Crippen molar-refractivity contribution in [2.24, 2.45) is 38.9 Å². The van der Waals surface area contributed by atoms with Gasteiger partial charge >= 0.3 is 5.97 Å². The van der Waals surface area contributed by atoms with Gasteiger partial charge in [0.2, 0.25) is 17.9 Å². The van der Waals surface area contributed by atoms with E-state index in [0.29, 0.717) is 38.6 Å². The molecule has 0 rings (SSSR count). The molecule has 0 heterocycles. The molecule has 0 radical (unpaired) electrons. The number of likely N-dealkylation sites (N-methyl/N-ethyl adjacent to an activating group) is 1. The Bertz CT molecular complexity index is 585. The van der Waals surface area contributed by atoms with Gasteiger partial charge in [-0.05, 0) is 59.7 Å². The number of carbonyl (C=O) groups is 1. The number of hydrogen-bond acceptors (Lipinski definition) is 6. The molecule has 0 spiro atoms. The van der Waals surface area contributed by atoms with Crippen molar-refractivity contribution in [1.29, 1.82) is 5.41 Å². The first-order chi connectivity index (χ1) is 13.5. The van der Waals surface area contributed by atoms with Crippen molar-refractivity contribution in [2.45, 2.75) is 44.6 Å². The van der Waals surface area contributed by atoms with E-state index >= 15 is 0 Å². The van der Waals surface area contributed by atoms with Crippen LogP contribution in [-0.4, -0.2) is 83.1 Å². The molecule has 29 heavy (non-hydrogen) atoms. The molecular formula is C16H37N11O2. The van der Waals surface area contributed by atoms with Crippen LogP contribution < -0.4 is 28.7 Å². The molecule has 13 nitrogen and oxygen atoms in total. The van der Waals surface area contributed by atoms with E-state index in [0.717, 1.165) is 11.6 Å². The molecule has 0 saturated heterocycles. The van der Waals surface area contributed by atoms with Crippen molar-refractivity contribution >= 4 is 23.8 Å². The van der Waals surface area contributed by atoms with Gasteiger partial charge in [0.15, 0.2) is 5.54 Å². The van der Waals surface area contributed by atoms with Crippen molar-refractivity contribution in [3.8, 4) is 0 Å². The Labute approximate surface area is 172 Å². The smallest absolute Gasteiger partial charge is 0.331 e. The van der Waals surface area contributed by atoms with Crippen LogP contribution in [0.4, 0.5) is 0 Å². The highest BCUT2D eigenvalue weighted by atomic mass is 16.4. The lowest BCUT2D eigenvalue weighted by Gasteiger charge is -2.39. The number of carboxylic acid groups (broad SMARTS) is 1. The molecule has 0 saturated carbocycles. The van der Waals surface area contributed by atoms with Crippen LogP contribution in [0.3, 0.4) is 0 Å². The highest BCUT2D eigenvalue weighted by Gasteiger charge is 2.43. The summed E-state index contributed by atoms with van der Waals surface area (Å²) in [5, 5.41) is 28.0. The van der Waals surface area contributed by atoms with Crippen LogP contribution in [0.5, 0.6) is 0 Å². The third-order valence-corrected chi connectivity index (χ3v) is 4.35. The van der Waals surface area contributed by atoms with Gasteiger partial charge in [-0.1, -0.05) is 0 Å². The van der Waals surface area contributed by atoms with Gasteiger partial charge < -0.3 is 38.7 Å². The average molecular weight is 416 g/mol. The summed E-state index contributed by atoms with van der Waals surface area (Å²) in [6.07, 6.45) is 2.35. The zero-order valence-corrected chi connectivity index (χ0v) is 17.6. The molecule has 0 aliphatic rings. The van der Waals surface area contributed by atoms with Crippen LogP contribution in [0, 0.1) is 5.41 Å². The molecule has 13 heteroatoms. The maximum Gasteiger partial charge on any atom is 0.331 e. The van der Waals surface area contributed by atoms with E-state index in [2.05, 4.69) is 10.2 Å². The molecule has 0 fully saturated rings. The van der Waals surface area contributed by atoms with Crippen LogP contribution in [0.1, 0.15) is 39.0 Å². The summed E-state index contributed by atoms with van der Waals surface area (Å²) in [6, 6.07) is 0. The maximum atomic E-state index is 12.3. The number of carboxylic acids is 1. The minimum Gasteiger partial charge on any atom is -0.479 e. The van der Waals surface area contributed by atoms with Gasteiger partial charge in [0.25, 0.3) is 0 Å². The first-order valence-corrected chi connectivity index (χ1v) is 9.42. The van der Waals surface area contributed by atoms with Gasteiger partial charge in [0, 0.05) is 13.1 Å². The molecule has 0 bridgehead atoms. The van der Waals surface area contributed by atoms with Crippen LogP contribution in [0.15, 0.2) is 10.2 Å². The second-order valence-electron chi connectivity index (χ2n) is 6.97. The van der Waals surface area contributed by atoms with Crippen molar-refractivity contribution in [1.82, 2.24) is 14.9 Å². The van der Waals surface area contributed by atoms with E-state index < -0.39 is 11.5 Å². The van der Waals surface area contributed by atoms with Crippen LogP contribution in [-0.2, 0) is 4.79 Å². The summed E-state index contributed by atoms with van der Waals surface area (Å²) < 4.78 is 0. The third-order valence-electron chi connectivity index (χ3n) is 4.35. The first-order valence-electron chi connectivity index (χ1n) is 9.42. The number of aliphatic carboxylic acids is 1. The minimum atomic E-state index is -1.26. The van der Waals surface area contributed by atoms with Crippen molar-refractivity contribution in [3.63, 3.8) is 0 Å². The lowest BCUT2D eigenvalue weighted by atomic mass is 9.86. The van der Waals surface area contributed by atoms with Crippen LogP contribution in [0.25, 0.3) is 0 Å². The van der Waals surface area contributed by atoms with Gasteiger partial charge in [-0.3, -0.25) is 10.4 Å². The Balaban J connectivity index is 5.41. The molecule has 0 aliphatic heterocycles. The number of nitrogens with zero attached hydrogens (tertiary/aromatic N) is 5. The topological polar surface area (TPSA) is 226 Å². The Morgan fingerprint density at radius 1 is 0.966 bits per heavy atom. The number of hydrogen-bond donors (Lipinski definition) is 7. The average Bonchev–Trinajstić information content (AvgIpc) is 2.59. The number of guanidine groups is 3. The number of nitrogens with two attached hydrogens (primary N) is 5. The summed E-state index contributed by atoms with van der Waals surface area (Å²) >= 11 is 0. The molecule has 12 N–H and O–H groups in total. The van der Waals surface area contributed by atoms with Gasteiger partial charge in [0.1, 0.15) is 0 Å². The quantitative estimate of drug-likeness (QED) is 0.0729. The highest BCUT2D eigenvalue weighted by Crippen LogP contribution is 2.29. The Morgan fingerprint density at radius 2 is 1.52 bits per heavy atom. The van der Waals surface area contributed by atoms with Gasteiger partial charge in [-0.15, -0.1) is 10.2 Å². The minimum absolute atomic E-state index is 0.194. The molecular weight excluding hydrogens is 378 g/mol. The number of nitrogens with one attached hydrogen (secondary N) is 1. The third kappa shape index (κ3) is 9.19. The second-order valence-corrected chi connectivity index (χ2v) is 6.97. The molecule has 0 aromatic heterocycles. The highest BCUT2D eigenvalue weighted by molar-refractivity contribution is 5.80. The monoisotopic (exact) mass is 415 g/mol. The largest absolute Gasteiger partial charge is 0.479 e. The zero-order valence-electron chi connectivity index (χ0n) is 17.6. The molecule has 1 atom stereocenters. The van der Waals surface area contributed by atoms with Gasteiger partial charge in [0.05, 0.1) is 0 Å². The van der Waals surface area contributed by atoms with E-state index in [1.165, 1.54) is 5.01 Å². The fourth-order valence-electron chi connectivity index (χ4n) is 3.05. The van der Waals surface area contributed by atoms with E-state index in [-0.39, 0.29) is 24.4 Å². The fraction of sp³-hybridized carbons (Fsp3) is 0.750. The van der Waals surface area contributed by atoms with Crippen molar-refractivity contribution < 1.29 is 9.90 Å². The predicted octanol–water partition coefficient (Wildman–Crippen LogP) is -1.78. The summed E-state index contributed by atoms with van der Waals surface area (Å²) in [6.45, 7) is 3.14. The Morgan fingerprint density at radius 3 is 1.93 bits per heavy atom. The lowest BCUT2D eigenvalue weighted by molar-refractivity contribution is -0.153. The molecule has 0 amide bonds. The molecule has 168 valence electrons. The van der Waals surface area contributed by atoms with Gasteiger partial charge in [-0.25, -0.2) is 9.80 Å². The van der Waals surface area contributed by atoms with Crippen LogP contribution >= 0.6 is 0 Å². The van der Waals surface area contributed by atoms with Crippen molar-refractivity contribution in [2.75, 3.05) is 33.7 Å². The number of hydrazone groups is 2. The zero-order chi connectivity index (χ0) is 22.6. The molecule has 0 aromatic carbocycles. The Hall–Kier alpha value is -2.96. The SMILES string of the molecule is CCN(N=C(N)N)[C@@](CCCCN(N=C(N)N)C(=N)N)(CCCN(C)C)C(=O)O. The summed E-state index contributed by atoms with van der Waals surface area (Å²) in [4.78, 5) is 14.3.